The lowest BCUT2D eigenvalue weighted by Crippen LogP contribution is -2.33. The first kappa shape index (κ1) is 27.5. The summed E-state index contributed by atoms with van der Waals surface area (Å²) in [5.74, 6) is -2.55. The van der Waals surface area contributed by atoms with Crippen LogP contribution in [-0.4, -0.2) is 43.7 Å². The summed E-state index contributed by atoms with van der Waals surface area (Å²) in [5.41, 5.74) is 5.65. The van der Waals surface area contributed by atoms with Crippen LogP contribution in [0.5, 0.6) is 11.5 Å². The molecule has 2 N–H and O–H groups in total. The zero-order valence-corrected chi connectivity index (χ0v) is 22.7. The number of nitrogens with zero attached hydrogens (tertiary/aromatic N) is 1. The molecule has 1 aromatic heterocycles. The van der Waals surface area contributed by atoms with Crippen molar-refractivity contribution in [3.63, 3.8) is 0 Å². The highest BCUT2D eigenvalue weighted by Crippen LogP contribution is 2.39. The lowest BCUT2D eigenvalue weighted by Gasteiger charge is -2.11. The molecule has 10 nitrogen and oxygen atoms in total. The summed E-state index contributed by atoms with van der Waals surface area (Å²) in [6, 6.07) is 11.8. The van der Waals surface area contributed by atoms with Crippen molar-refractivity contribution in [3.05, 3.63) is 75.2 Å². The lowest BCUT2D eigenvalue weighted by molar-refractivity contribution is -0.136. The van der Waals surface area contributed by atoms with Crippen LogP contribution in [0.4, 0.5) is 5.00 Å². The maximum atomic E-state index is 12.5. The summed E-state index contributed by atoms with van der Waals surface area (Å²) in [4.78, 5) is 50.8. The fourth-order valence-electron chi connectivity index (χ4n) is 4.13. The molecule has 1 heterocycles. The Morgan fingerprint density at radius 1 is 0.923 bits per heavy atom. The van der Waals surface area contributed by atoms with Crippen molar-refractivity contribution in [1.29, 1.82) is 0 Å². The van der Waals surface area contributed by atoms with E-state index >= 15 is 0 Å². The van der Waals surface area contributed by atoms with E-state index in [-0.39, 0.29) is 16.5 Å². The van der Waals surface area contributed by atoms with Gasteiger partial charge in [-0.05, 0) is 69.0 Å². The number of hydrogen-bond donors (Lipinski definition) is 2. The van der Waals surface area contributed by atoms with E-state index in [9.17, 15) is 19.2 Å². The van der Waals surface area contributed by atoms with Gasteiger partial charge in [0.05, 0.1) is 31.1 Å². The van der Waals surface area contributed by atoms with E-state index in [1.165, 1.54) is 25.6 Å². The Balaban J connectivity index is 1.43. The number of carbonyl (C=O) groups excluding carboxylic acids is 4. The number of thiophene rings is 1. The SMILES string of the molecule is COC(=O)c1c(NC(=O)C(=O)N/N=C(\C)c2ccc(OC(=O)c3cccc(C)c3)c(OC)c2)sc2c1CCC2. The van der Waals surface area contributed by atoms with E-state index in [1.54, 1.807) is 43.3 Å². The number of benzene rings is 2. The summed E-state index contributed by atoms with van der Waals surface area (Å²) in [5, 5.41) is 6.80. The zero-order valence-electron chi connectivity index (χ0n) is 21.9. The van der Waals surface area contributed by atoms with Gasteiger partial charge in [0.15, 0.2) is 11.5 Å². The van der Waals surface area contributed by atoms with Crippen LogP contribution in [0.25, 0.3) is 0 Å². The van der Waals surface area contributed by atoms with Gasteiger partial charge in [-0.25, -0.2) is 15.0 Å². The molecule has 11 heteroatoms. The van der Waals surface area contributed by atoms with Gasteiger partial charge in [0.1, 0.15) is 5.00 Å². The molecular weight excluding hydrogens is 522 g/mol. The number of nitrogens with one attached hydrogen (secondary N) is 2. The van der Waals surface area contributed by atoms with Gasteiger partial charge in [0.2, 0.25) is 0 Å². The Labute approximate surface area is 229 Å². The molecule has 202 valence electrons. The molecule has 0 bridgehead atoms. The first-order chi connectivity index (χ1) is 18.7. The average molecular weight is 550 g/mol. The van der Waals surface area contributed by atoms with Crippen molar-refractivity contribution < 1.29 is 33.4 Å². The number of hydrazone groups is 1. The minimum atomic E-state index is -1.01. The highest BCUT2D eigenvalue weighted by molar-refractivity contribution is 7.17. The van der Waals surface area contributed by atoms with E-state index in [0.29, 0.717) is 22.4 Å². The van der Waals surface area contributed by atoms with Crippen LogP contribution in [0.15, 0.2) is 47.6 Å². The standard InChI is InChI=1S/C28H27N3O7S/c1-15-7-5-8-18(13-15)27(34)38-20-12-11-17(14-21(20)36-3)16(2)30-31-25(33)24(32)29-26-23(28(35)37-4)19-9-6-10-22(19)39-26/h5,7-8,11-14H,6,9-10H2,1-4H3,(H,29,32)(H,31,33)/b30-16+. The number of aryl methyl sites for hydroxylation is 2. The summed E-state index contributed by atoms with van der Waals surface area (Å²) >= 11 is 1.27. The Morgan fingerprint density at radius 2 is 1.72 bits per heavy atom. The normalized spacial score (nSPS) is 12.4. The van der Waals surface area contributed by atoms with Crippen LogP contribution in [0.3, 0.4) is 0 Å². The van der Waals surface area contributed by atoms with Crippen molar-refractivity contribution in [3.8, 4) is 11.5 Å². The summed E-state index contributed by atoms with van der Waals surface area (Å²) in [6.45, 7) is 3.51. The van der Waals surface area contributed by atoms with Crippen LogP contribution >= 0.6 is 11.3 Å². The van der Waals surface area contributed by atoms with Crippen LogP contribution in [0, 0.1) is 6.92 Å². The van der Waals surface area contributed by atoms with Gasteiger partial charge in [0.25, 0.3) is 0 Å². The Kier molecular flexibility index (Phi) is 8.40. The maximum Gasteiger partial charge on any atom is 0.343 e. The minimum absolute atomic E-state index is 0.216. The molecule has 2 amide bonds. The third kappa shape index (κ3) is 6.15. The predicted molar refractivity (Wildman–Crippen MR) is 146 cm³/mol. The number of hydrogen-bond acceptors (Lipinski definition) is 9. The number of carbonyl (C=O) groups is 4. The van der Waals surface area contributed by atoms with Crippen molar-refractivity contribution >= 4 is 45.8 Å². The molecule has 0 radical (unpaired) electrons. The van der Waals surface area contributed by atoms with Crippen molar-refractivity contribution in [2.45, 2.75) is 33.1 Å². The average Bonchev–Trinajstić information content (AvgIpc) is 3.52. The van der Waals surface area contributed by atoms with E-state index in [2.05, 4.69) is 15.8 Å². The van der Waals surface area contributed by atoms with E-state index in [0.717, 1.165) is 35.3 Å². The summed E-state index contributed by atoms with van der Waals surface area (Å²) < 4.78 is 15.7. The van der Waals surface area contributed by atoms with Crippen LogP contribution in [0.1, 0.15) is 55.6 Å². The van der Waals surface area contributed by atoms with Crippen molar-refractivity contribution in [2.24, 2.45) is 5.10 Å². The molecule has 2 aromatic carbocycles. The predicted octanol–water partition coefficient (Wildman–Crippen LogP) is 4.04. The topological polar surface area (TPSA) is 132 Å². The highest BCUT2D eigenvalue weighted by Gasteiger charge is 2.29. The number of anilines is 1. The molecule has 1 aliphatic carbocycles. The van der Waals surface area contributed by atoms with Gasteiger partial charge in [-0.1, -0.05) is 17.7 Å². The molecule has 0 unspecified atom stereocenters. The Hall–Kier alpha value is -4.51. The molecule has 0 spiro atoms. The van der Waals surface area contributed by atoms with Crippen molar-refractivity contribution in [2.75, 3.05) is 19.5 Å². The van der Waals surface area contributed by atoms with E-state index < -0.39 is 23.8 Å². The fraction of sp³-hybridized carbons (Fsp3) is 0.250. The van der Waals surface area contributed by atoms with E-state index in [4.69, 9.17) is 14.2 Å². The largest absolute Gasteiger partial charge is 0.493 e. The second-order valence-corrected chi connectivity index (χ2v) is 9.88. The van der Waals surface area contributed by atoms with Crippen LogP contribution in [0.2, 0.25) is 0 Å². The molecular formula is C28H27N3O7S. The summed E-state index contributed by atoms with van der Waals surface area (Å²) in [7, 11) is 2.71. The van der Waals surface area contributed by atoms with Gasteiger partial charge >= 0.3 is 23.8 Å². The molecule has 0 aliphatic heterocycles. The van der Waals surface area contributed by atoms with Gasteiger partial charge in [-0.3, -0.25) is 9.59 Å². The molecule has 0 saturated heterocycles. The molecule has 0 saturated carbocycles. The first-order valence-electron chi connectivity index (χ1n) is 12.1. The molecule has 39 heavy (non-hydrogen) atoms. The quantitative estimate of drug-likeness (QED) is 0.149. The molecule has 1 aliphatic rings. The van der Waals surface area contributed by atoms with Gasteiger partial charge in [0, 0.05) is 10.4 Å². The Bertz CT molecular complexity index is 1490. The smallest absolute Gasteiger partial charge is 0.343 e. The maximum absolute atomic E-state index is 12.5. The monoisotopic (exact) mass is 549 g/mol. The van der Waals surface area contributed by atoms with Gasteiger partial charge in [-0.2, -0.15) is 5.10 Å². The molecule has 0 fully saturated rings. The number of esters is 2. The number of methoxy groups -OCH3 is 2. The second kappa shape index (κ2) is 11.9. The number of rotatable bonds is 7. The summed E-state index contributed by atoms with van der Waals surface area (Å²) in [6.07, 6.45) is 2.45. The number of amides is 2. The van der Waals surface area contributed by atoms with Gasteiger partial charge in [-0.15, -0.1) is 11.3 Å². The van der Waals surface area contributed by atoms with Crippen LogP contribution in [-0.2, 0) is 27.2 Å². The molecule has 0 atom stereocenters. The Morgan fingerprint density at radius 3 is 2.44 bits per heavy atom. The van der Waals surface area contributed by atoms with Crippen LogP contribution < -0.4 is 20.2 Å². The highest BCUT2D eigenvalue weighted by atomic mass is 32.1. The van der Waals surface area contributed by atoms with E-state index in [1.807, 2.05) is 13.0 Å². The minimum Gasteiger partial charge on any atom is -0.493 e. The molecule has 4 rings (SSSR count). The van der Waals surface area contributed by atoms with Crippen molar-refractivity contribution in [1.82, 2.24) is 5.43 Å². The molecule has 3 aromatic rings. The third-order valence-electron chi connectivity index (χ3n) is 6.11. The second-order valence-electron chi connectivity index (χ2n) is 8.77. The van der Waals surface area contributed by atoms with Gasteiger partial charge < -0.3 is 19.5 Å². The number of ether oxygens (including phenoxy) is 3. The first-order valence-corrected chi connectivity index (χ1v) is 12.9. The lowest BCUT2D eigenvalue weighted by atomic mass is 10.1. The zero-order chi connectivity index (χ0) is 28.1. The third-order valence-corrected chi connectivity index (χ3v) is 7.31. The fourth-order valence-corrected chi connectivity index (χ4v) is 5.40. The number of fused-ring (bicyclic) bond motifs is 1.